The average molecular weight is 889 g/mol. The fourth-order valence-electron chi connectivity index (χ4n) is 6.90. The topological polar surface area (TPSA) is 78.9 Å². The lowest BCUT2D eigenvalue weighted by atomic mass is 10.0. The summed E-state index contributed by atoms with van der Waals surface area (Å²) in [4.78, 5) is 38.0. The van der Waals surface area contributed by atoms with E-state index < -0.39 is 6.10 Å². The first-order chi connectivity index (χ1) is 31.5. The first kappa shape index (κ1) is 60.3. The molecule has 0 aromatic carbocycles. The monoisotopic (exact) mass is 889 g/mol. The van der Waals surface area contributed by atoms with Crippen molar-refractivity contribution in [2.75, 3.05) is 13.2 Å². The fraction of sp³-hybridized carbons (Fsp3) is 0.672. The quantitative estimate of drug-likeness (QED) is 0.0262. The van der Waals surface area contributed by atoms with Crippen LogP contribution < -0.4 is 0 Å². The molecule has 0 radical (unpaired) electrons. The number of allylic oxidation sites excluding steroid dienone is 16. The molecule has 0 aliphatic heterocycles. The summed E-state index contributed by atoms with van der Waals surface area (Å²) in [6.07, 6.45) is 68.2. The van der Waals surface area contributed by atoms with Crippen molar-refractivity contribution in [3.8, 4) is 0 Å². The van der Waals surface area contributed by atoms with Gasteiger partial charge in [-0.15, -0.1) is 0 Å². The van der Waals surface area contributed by atoms with Crippen molar-refractivity contribution in [1.82, 2.24) is 0 Å². The number of esters is 3. The number of carbonyl (C=O) groups is 3. The Labute approximate surface area is 394 Å². The van der Waals surface area contributed by atoms with E-state index in [2.05, 4.69) is 118 Å². The van der Waals surface area contributed by atoms with Gasteiger partial charge in [-0.2, -0.15) is 0 Å². The maximum atomic E-state index is 12.8. The zero-order chi connectivity index (χ0) is 46.5. The predicted octanol–water partition coefficient (Wildman–Crippen LogP) is 17.4. The lowest BCUT2D eigenvalue weighted by molar-refractivity contribution is -0.167. The number of hydrogen-bond acceptors (Lipinski definition) is 6. The van der Waals surface area contributed by atoms with Crippen molar-refractivity contribution in [2.24, 2.45) is 0 Å². The van der Waals surface area contributed by atoms with E-state index in [-0.39, 0.29) is 37.5 Å². The van der Waals surface area contributed by atoms with E-state index in [4.69, 9.17) is 14.2 Å². The van der Waals surface area contributed by atoms with Gasteiger partial charge >= 0.3 is 17.9 Å². The van der Waals surface area contributed by atoms with Gasteiger partial charge in [-0.05, 0) is 96.3 Å². The molecule has 0 saturated heterocycles. The van der Waals surface area contributed by atoms with Crippen molar-refractivity contribution in [2.45, 2.75) is 239 Å². The molecule has 364 valence electrons. The lowest BCUT2D eigenvalue weighted by Gasteiger charge is -2.18. The van der Waals surface area contributed by atoms with E-state index in [0.717, 1.165) is 103 Å². The van der Waals surface area contributed by atoms with Crippen molar-refractivity contribution < 1.29 is 28.6 Å². The Bertz CT molecular complexity index is 1300. The number of hydrogen-bond donors (Lipinski definition) is 0. The first-order valence-corrected chi connectivity index (χ1v) is 26.2. The molecule has 6 nitrogen and oxygen atoms in total. The third kappa shape index (κ3) is 49.3. The Morgan fingerprint density at radius 3 is 1.03 bits per heavy atom. The number of carbonyl (C=O) groups excluding carboxylic acids is 3. The van der Waals surface area contributed by atoms with Crippen LogP contribution in [0.25, 0.3) is 0 Å². The third-order valence-corrected chi connectivity index (χ3v) is 10.8. The van der Waals surface area contributed by atoms with Crippen molar-refractivity contribution in [3.05, 3.63) is 97.2 Å². The van der Waals surface area contributed by atoms with Crippen molar-refractivity contribution in [3.63, 3.8) is 0 Å². The largest absolute Gasteiger partial charge is 0.462 e. The van der Waals surface area contributed by atoms with Crippen LogP contribution in [0.4, 0.5) is 0 Å². The van der Waals surface area contributed by atoms with Crippen LogP contribution in [0.15, 0.2) is 97.2 Å². The van der Waals surface area contributed by atoms with Crippen molar-refractivity contribution >= 4 is 17.9 Å². The molecule has 0 unspecified atom stereocenters. The number of rotatable bonds is 46. The maximum Gasteiger partial charge on any atom is 0.306 e. The zero-order valence-electron chi connectivity index (χ0n) is 41.5. The molecule has 0 amide bonds. The van der Waals surface area contributed by atoms with Gasteiger partial charge in [-0.3, -0.25) is 14.4 Å². The minimum Gasteiger partial charge on any atom is -0.462 e. The highest BCUT2D eigenvalue weighted by atomic mass is 16.6. The highest BCUT2D eigenvalue weighted by Gasteiger charge is 2.19. The highest BCUT2D eigenvalue weighted by Crippen LogP contribution is 2.14. The summed E-state index contributed by atoms with van der Waals surface area (Å²) in [7, 11) is 0. The minimum absolute atomic E-state index is 0.107. The molecule has 0 saturated carbocycles. The van der Waals surface area contributed by atoms with Gasteiger partial charge in [0.15, 0.2) is 6.10 Å². The van der Waals surface area contributed by atoms with Gasteiger partial charge in [-0.1, -0.05) is 214 Å². The van der Waals surface area contributed by atoms with Crippen LogP contribution in [0, 0.1) is 0 Å². The number of unbranched alkanes of at least 4 members (excludes halogenated alkanes) is 19. The van der Waals surface area contributed by atoms with Crippen LogP contribution in [0.2, 0.25) is 0 Å². The molecule has 0 rings (SSSR count). The van der Waals surface area contributed by atoms with Gasteiger partial charge in [0.2, 0.25) is 0 Å². The van der Waals surface area contributed by atoms with Crippen LogP contribution in [-0.4, -0.2) is 37.2 Å². The van der Waals surface area contributed by atoms with Gasteiger partial charge < -0.3 is 14.2 Å². The zero-order valence-corrected chi connectivity index (χ0v) is 41.5. The van der Waals surface area contributed by atoms with Crippen LogP contribution >= 0.6 is 0 Å². The van der Waals surface area contributed by atoms with Crippen LogP contribution in [-0.2, 0) is 28.6 Å². The van der Waals surface area contributed by atoms with E-state index in [9.17, 15) is 14.4 Å². The summed E-state index contributed by atoms with van der Waals surface area (Å²) in [6, 6.07) is 0. The Hall–Kier alpha value is -3.67. The van der Waals surface area contributed by atoms with E-state index in [1.165, 1.54) is 83.5 Å². The smallest absolute Gasteiger partial charge is 0.306 e. The molecule has 6 heteroatoms. The van der Waals surface area contributed by atoms with Crippen molar-refractivity contribution in [1.29, 1.82) is 0 Å². The minimum atomic E-state index is -0.815. The average Bonchev–Trinajstić information content (AvgIpc) is 3.29. The normalized spacial score (nSPS) is 12.9. The molecule has 0 N–H and O–H groups in total. The molecule has 64 heavy (non-hydrogen) atoms. The summed E-state index contributed by atoms with van der Waals surface area (Å²) in [5.74, 6) is -0.990. The Morgan fingerprint density at radius 1 is 0.328 bits per heavy atom. The summed E-state index contributed by atoms with van der Waals surface area (Å²) in [6.45, 7) is 6.42. The van der Waals surface area contributed by atoms with Gasteiger partial charge in [0.05, 0.1) is 0 Å². The molecule has 0 aromatic rings. The second kappa shape index (κ2) is 52.0. The standard InChI is InChI=1S/C58H96O6/c1-4-7-10-13-16-19-22-25-27-29-31-33-36-39-42-45-48-51-57(60)63-54-55(53-62-56(59)50-47-44-41-38-35-24-21-18-15-12-9-6-3)64-58(61)52-49-46-43-40-37-34-32-30-28-26-23-20-17-14-11-8-5-2/h7,10,16-17,19-20,25-28,31-34,40,43,55H,4-6,8-9,11-15,18,21-24,29-30,35-39,41-42,44-54H2,1-3H3/b10-7-,19-16-,20-17-,27-25-,28-26-,33-31-,34-32-,43-40-/t55-/m0/s1. The summed E-state index contributed by atoms with van der Waals surface area (Å²) >= 11 is 0. The van der Waals surface area contributed by atoms with E-state index >= 15 is 0 Å². The molecule has 0 bridgehead atoms. The Kier molecular flexibility index (Phi) is 49.0. The molecule has 0 aliphatic rings. The Morgan fingerprint density at radius 2 is 0.625 bits per heavy atom. The van der Waals surface area contributed by atoms with Gasteiger partial charge in [0, 0.05) is 19.3 Å². The molecule has 0 heterocycles. The van der Waals surface area contributed by atoms with E-state index in [1.54, 1.807) is 0 Å². The van der Waals surface area contributed by atoms with E-state index in [1.807, 2.05) is 0 Å². The fourth-order valence-corrected chi connectivity index (χ4v) is 6.90. The lowest BCUT2D eigenvalue weighted by Crippen LogP contribution is -2.30. The van der Waals surface area contributed by atoms with Gasteiger partial charge in [-0.25, -0.2) is 0 Å². The Balaban J connectivity index is 4.52. The van der Waals surface area contributed by atoms with Crippen LogP contribution in [0.3, 0.4) is 0 Å². The van der Waals surface area contributed by atoms with E-state index in [0.29, 0.717) is 19.3 Å². The van der Waals surface area contributed by atoms with Crippen LogP contribution in [0.1, 0.15) is 233 Å². The highest BCUT2D eigenvalue weighted by molar-refractivity contribution is 5.71. The van der Waals surface area contributed by atoms with Gasteiger partial charge in [0.25, 0.3) is 0 Å². The second-order valence-electron chi connectivity index (χ2n) is 17.1. The SMILES string of the molecule is CC/C=C\C/C=C\C/C=C\C/C=C\CCCCCCC(=O)OC[C@H](COC(=O)CCCCCCCCCCCCCC)OC(=O)CCC/C=C\C/C=C\C/C=C\C/C=C\CCCCC. The summed E-state index contributed by atoms with van der Waals surface area (Å²) in [5, 5.41) is 0. The number of ether oxygens (including phenoxy) is 3. The molecular weight excluding hydrogens is 793 g/mol. The third-order valence-electron chi connectivity index (χ3n) is 10.8. The first-order valence-electron chi connectivity index (χ1n) is 26.2. The molecule has 0 aromatic heterocycles. The maximum absolute atomic E-state index is 12.8. The van der Waals surface area contributed by atoms with Gasteiger partial charge in [0.1, 0.15) is 13.2 Å². The molecule has 1 atom stereocenters. The summed E-state index contributed by atoms with van der Waals surface area (Å²) in [5.41, 5.74) is 0. The molecular formula is C58H96O6. The summed E-state index contributed by atoms with van der Waals surface area (Å²) < 4.78 is 16.7. The molecule has 0 aliphatic carbocycles. The van der Waals surface area contributed by atoms with Crippen LogP contribution in [0.5, 0.6) is 0 Å². The second-order valence-corrected chi connectivity index (χ2v) is 17.1. The predicted molar refractivity (Wildman–Crippen MR) is 274 cm³/mol. The molecule has 0 spiro atoms. The molecule has 0 fully saturated rings.